The third kappa shape index (κ3) is 4.63. The van der Waals surface area contributed by atoms with E-state index in [1.54, 1.807) is 24.3 Å². The van der Waals surface area contributed by atoms with Crippen LogP contribution in [0.15, 0.2) is 36.4 Å². The van der Waals surface area contributed by atoms with Crippen molar-refractivity contribution in [2.75, 3.05) is 5.32 Å². The van der Waals surface area contributed by atoms with Crippen LogP contribution in [0.3, 0.4) is 0 Å². The van der Waals surface area contributed by atoms with Crippen molar-refractivity contribution in [2.24, 2.45) is 0 Å². The van der Waals surface area contributed by atoms with Crippen molar-refractivity contribution >= 4 is 70.1 Å². The van der Waals surface area contributed by atoms with Crippen LogP contribution in [-0.2, 0) is 11.2 Å². The molecule has 21 heavy (non-hydrogen) atoms. The number of carboxylic acids is 1. The van der Waals surface area contributed by atoms with Crippen LogP contribution < -0.4 is 5.32 Å². The number of carbonyl (C=O) groups is 1. The van der Waals surface area contributed by atoms with E-state index in [1.165, 1.54) is 0 Å². The molecule has 6 heteroatoms. The van der Waals surface area contributed by atoms with E-state index in [1.807, 2.05) is 19.1 Å². The Labute approximate surface area is 155 Å². The van der Waals surface area contributed by atoms with Gasteiger partial charge in [-0.05, 0) is 30.2 Å². The van der Waals surface area contributed by atoms with Crippen LogP contribution in [0.1, 0.15) is 11.1 Å². The molecule has 0 unspecified atom stereocenters. The van der Waals surface area contributed by atoms with Gasteiger partial charge in [-0.2, -0.15) is 0 Å². The molecule has 0 aliphatic heterocycles. The van der Waals surface area contributed by atoms with Crippen LogP contribution in [0.25, 0.3) is 0 Å². The summed E-state index contributed by atoms with van der Waals surface area (Å²) < 4.78 is 0. The molecule has 0 aromatic heterocycles. The fourth-order valence-electron chi connectivity index (χ4n) is 1.87. The van der Waals surface area contributed by atoms with Crippen molar-refractivity contribution in [3.8, 4) is 0 Å². The van der Waals surface area contributed by atoms with E-state index < -0.39 is 5.97 Å². The van der Waals surface area contributed by atoms with Crippen LogP contribution in [0.5, 0.6) is 0 Å². The maximum atomic E-state index is 10.9. The molecule has 0 saturated carbocycles. The van der Waals surface area contributed by atoms with Gasteiger partial charge in [-0.3, -0.25) is 4.79 Å². The summed E-state index contributed by atoms with van der Waals surface area (Å²) in [5.74, 6) is -0.888. The SMILES string of the molecule is Cc1ccc(Cl)c(Nc2ccccc2CC(=O)O)c1Cl.[Na]. The second-order valence-electron chi connectivity index (χ2n) is 4.41. The number of rotatable bonds is 4. The van der Waals surface area contributed by atoms with Gasteiger partial charge < -0.3 is 10.4 Å². The Morgan fingerprint density at radius 2 is 1.86 bits per heavy atom. The van der Waals surface area contributed by atoms with Gasteiger partial charge in [0.2, 0.25) is 0 Å². The van der Waals surface area contributed by atoms with Crippen LogP contribution >= 0.6 is 23.2 Å². The van der Waals surface area contributed by atoms with E-state index in [0.29, 0.717) is 27.0 Å². The predicted octanol–water partition coefficient (Wildman–Crippen LogP) is 4.29. The first-order valence-corrected chi connectivity index (χ1v) is 6.76. The third-order valence-electron chi connectivity index (χ3n) is 2.90. The minimum Gasteiger partial charge on any atom is -0.481 e. The first kappa shape index (κ1) is 18.3. The summed E-state index contributed by atoms with van der Waals surface area (Å²) in [5, 5.41) is 13.1. The van der Waals surface area contributed by atoms with Gasteiger partial charge >= 0.3 is 5.97 Å². The number of benzene rings is 2. The Morgan fingerprint density at radius 1 is 1.19 bits per heavy atom. The summed E-state index contributed by atoms with van der Waals surface area (Å²) in [6.07, 6.45) is -0.0653. The second-order valence-corrected chi connectivity index (χ2v) is 5.19. The molecule has 0 aliphatic rings. The number of anilines is 2. The molecule has 2 rings (SSSR count). The number of aryl methyl sites for hydroxylation is 1. The molecular formula is C15H13Cl2NNaO2. The zero-order valence-electron chi connectivity index (χ0n) is 11.8. The van der Waals surface area contributed by atoms with E-state index in [-0.39, 0.29) is 36.0 Å². The number of nitrogens with one attached hydrogen (secondary N) is 1. The maximum Gasteiger partial charge on any atom is 0.307 e. The minimum atomic E-state index is -0.888. The summed E-state index contributed by atoms with van der Waals surface area (Å²) in [6, 6.07) is 10.8. The molecule has 1 radical (unpaired) electrons. The zero-order valence-corrected chi connectivity index (χ0v) is 15.3. The third-order valence-corrected chi connectivity index (χ3v) is 3.70. The van der Waals surface area contributed by atoms with Crippen molar-refractivity contribution in [3.05, 3.63) is 57.6 Å². The smallest absolute Gasteiger partial charge is 0.307 e. The van der Waals surface area contributed by atoms with Crippen LogP contribution in [0.2, 0.25) is 10.0 Å². The van der Waals surface area contributed by atoms with Gasteiger partial charge in [0, 0.05) is 35.2 Å². The Bertz CT molecular complexity index is 662. The molecule has 0 atom stereocenters. The van der Waals surface area contributed by atoms with Gasteiger partial charge in [0.15, 0.2) is 0 Å². The molecule has 0 amide bonds. The Balaban J connectivity index is 0.00000220. The molecule has 0 bridgehead atoms. The number of para-hydroxylation sites is 1. The van der Waals surface area contributed by atoms with E-state index in [0.717, 1.165) is 5.56 Å². The number of hydrogen-bond acceptors (Lipinski definition) is 2. The largest absolute Gasteiger partial charge is 0.481 e. The molecule has 0 heterocycles. The van der Waals surface area contributed by atoms with Gasteiger partial charge in [-0.25, -0.2) is 0 Å². The van der Waals surface area contributed by atoms with Gasteiger partial charge in [-0.15, -0.1) is 0 Å². The monoisotopic (exact) mass is 332 g/mol. The van der Waals surface area contributed by atoms with E-state index in [2.05, 4.69) is 5.32 Å². The molecule has 2 N–H and O–H groups in total. The Hall–Kier alpha value is -0.710. The molecule has 0 saturated heterocycles. The normalized spacial score (nSPS) is 9.86. The predicted molar refractivity (Wildman–Crippen MR) is 88.0 cm³/mol. The summed E-state index contributed by atoms with van der Waals surface area (Å²) in [5.41, 5.74) is 2.85. The van der Waals surface area contributed by atoms with E-state index in [9.17, 15) is 4.79 Å². The molecule has 105 valence electrons. The van der Waals surface area contributed by atoms with E-state index in [4.69, 9.17) is 28.3 Å². The quantitative estimate of drug-likeness (QED) is 0.821. The number of halogens is 2. The Morgan fingerprint density at radius 3 is 2.52 bits per heavy atom. The van der Waals surface area contributed by atoms with Crippen molar-refractivity contribution in [2.45, 2.75) is 13.3 Å². The molecule has 0 aliphatic carbocycles. The topological polar surface area (TPSA) is 49.3 Å². The number of hydrogen-bond donors (Lipinski definition) is 2. The molecule has 2 aromatic carbocycles. The molecule has 2 aromatic rings. The van der Waals surface area contributed by atoms with Crippen molar-refractivity contribution in [1.82, 2.24) is 0 Å². The first-order chi connectivity index (χ1) is 9.49. The maximum absolute atomic E-state index is 10.9. The first-order valence-electron chi connectivity index (χ1n) is 6.00. The van der Waals surface area contributed by atoms with Crippen molar-refractivity contribution in [1.29, 1.82) is 0 Å². The zero-order chi connectivity index (χ0) is 14.7. The van der Waals surface area contributed by atoms with Gasteiger partial charge in [-0.1, -0.05) is 47.5 Å². The molecular weight excluding hydrogens is 320 g/mol. The molecule has 0 spiro atoms. The molecule has 0 fully saturated rings. The van der Waals surface area contributed by atoms with Crippen LogP contribution in [0, 0.1) is 6.92 Å². The summed E-state index contributed by atoms with van der Waals surface area (Å²) in [4.78, 5) is 10.9. The standard InChI is InChI=1S/C15H13Cl2NO2.Na/c1-9-6-7-11(16)15(14(9)17)18-12-5-3-2-4-10(12)8-13(19)20;/h2-7,18H,8H2,1H3,(H,19,20);. The fraction of sp³-hybridized carbons (Fsp3) is 0.133. The summed E-state index contributed by atoms with van der Waals surface area (Å²) in [7, 11) is 0. The van der Waals surface area contributed by atoms with Gasteiger partial charge in [0.1, 0.15) is 0 Å². The minimum absolute atomic E-state index is 0. The van der Waals surface area contributed by atoms with E-state index >= 15 is 0 Å². The van der Waals surface area contributed by atoms with Gasteiger partial charge in [0.25, 0.3) is 0 Å². The molecule has 3 nitrogen and oxygen atoms in total. The number of aliphatic carboxylic acids is 1. The van der Waals surface area contributed by atoms with Crippen LogP contribution in [-0.4, -0.2) is 40.6 Å². The second kappa shape index (κ2) is 8.06. The van der Waals surface area contributed by atoms with Crippen molar-refractivity contribution < 1.29 is 9.90 Å². The average Bonchev–Trinajstić information content (AvgIpc) is 2.40. The number of carboxylic acid groups (broad SMARTS) is 1. The van der Waals surface area contributed by atoms with Crippen molar-refractivity contribution in [3.63, 3.8) is 0 Å². The fourth-order valence-corrected chi connectivity index (χ4v) is 2.33. The van der Waals surface area contributed by atoms with Crippen LogP contribution in [0.4, 0.5) is 11.4 Å². The Kier molecular flexibility index (Phi) is 7.04. The van der Waals surface area contributed by atoms with Gasteiger partial charge in [0.05, 0.1) is 22.2 Å². The average molecular weight is 333 g/mol. The summed E-state index contributed by atoms with van der Waals surface area (Å²) >= 11 is 12.4. The summed E-state index contributed by atoms with van der Waals surface area (Å²) in [6.45, 7) is 1.88.